The van der Waals surface area contributed by atoms with Gasteiger partial charge in [-0.2, -0.15) is 0 Å². The van der Waals surface area contributed by atoms with Gasteiger partial charge < -0.3 is 15.0 Å². The van der Waals surface area contributed by atoms with Gasteiger partial charge in [-0.25, -0.2) is 8.42 Å². The summed E-state index contributed by atoms with van der Waals surface area (Å²) < 4.78 is 31.5. The molecule has 1 aliphatic rings. The third kappa shape index (κ3) is 8.21. The van der Waals surface area contributed by atoms with Crippen LogP contribution in [0.1, 0.15) is 63.0 Å². The molecule has 0 bridgehead atoms. The smallest absolute Gasteiger partial charge is 0.242 e. The van der Waals surface area contributed by atoms with Crippen molar-refractivity contribution in [3.05, 3.63) is 59.7 Å². The normalized spacial score (nSPS) is 14.9. The molecule has 9 heteroatoms. The van der Waals surface area contributed by atoms with Crippen LogP contribution in [0, 0.1) is 6.92 Å². The first-order chi connectivity index (χ1) is 18.1. The quantitative estimate of drug-likeness (QED) is 0.428. The van der Waals surface area contributed by atoms with Crippen molar-refractivity contribution in [3.63, 3.8) is 0 Å². The zero-order chi connectivity index (χ0) is 27.7. The summed E-state index contributed by atoms with van der Waals surface area (Å²) in [4.78, 5) is 28.3. The molecule has 3 rings (SSSR count). The maximum atomic E-state index is 13.5. The van der Waals surface area contributed by atoms with Gasteiger partial charge in [-0.3, -0.25) is 13.9 Å². The van der Waals surface area contributed by atoms with Gasteiger partial charge in [0.1, 0.15) is 11.8 Å². The Morgan fingerprint density at radius 3 is 2.32 bits per heavy atom. The van der Waals surface area contributed by atoms with Crippen molar-refractivity contribution in [2.75, 3.05) is 24.2 Å². The molecule has 0 aliphatic heterocycles. The summed E-state index contributed by atoms with van der Waals surface area (Å²) in [5.41, 5.74) is 2.54. The molecular weight excluding hydrogens is 502 g/mol. The fraction of sp³-hybridized carbons (Fsp3) is 0.517. The van der Waals surface area contributed by atoms with Crippen molar-refractivity contribution in [2.24, 2.45) is 0 Å². The molecule has 2 amide bonds. The van der Waals surface area contributed by atoms with Crippen molar-refractivity contribution >= 4 is 27.5 Å². The zero-order valence-corrected chi connectivity index (χ0v) is 23.8. The van der Waals surface area contributed by atoms with Crippen LogP contribution in [0.5, 0.6) is 5.75 Å². The highest BCUT2D eigenvalue weighted by Crippen LogP contribution is 2.23. The molecule has 0 saturated heterocycles. The van der Waals surface area contributed by atoms with Crippen LogP contribution >= 0.6 is 0 Å². The largest absolute Gasteiger partial charge is 0.497 e. The molecule has 2 aromatic rings. The standard InChI is InChI=1S/C29H41N3O5S/c1-22-11-8-9-12-24(22)21-31(23(2)29(34)30-25-13-6-5-7-14-25)28(33)15-10-20-32(38(4,35)36)26-16-18-27(37-3)19-17-26/h8-9,11-12,16-19,23,25H,5-7,10,13-15,20-21H2,1-4H3,(H,30,34)/t23-/m0/s1. The summed E-state index contributed by atoms with van der Waals surface area (Å²) in [5.74, 6) is 0.308. The highest BCUT2D eigenvalue weighted by molar-refractivity contribution is 7.92. The Hall–Kier alpha value is -3.07. The molecule has 0 unspecified atom stereocenters. The van der Waals surface area contributed by atoms with Crippen LogP contribution in [-0.2, 0) is 26.2 Å². The molecule has 1 atom stereocenters. The number of carbonyl (C=O) groups is 2. The van der Waals surface area contributed by atoms with Gasteiger partial charge in [-0.05, 0) is 68.5 Å². The lowest BCUT2D eigenvalue weighted by Crippen LogP contribution is -2.50. The first-order valence-electron chi connectivity index (χ1n) is 13.4. The minimum Gasteiger partial charge on any atom is -0.497 e. The molecule has 0 heterocycles. The summed E-state index contributed by atoms with van der Waals surface area (Å²) in [6.07, 6.45) is 6.94. The van der Waals surface area contributed by atoms with Crippen LogP contribution < -0.4 is 14.4 Å². The molecule has 208 valence electrons. The third-order valence-corrected chi connectivity index (χ3v) is 8.43. The molecule has 0 radical (unpaired) electrons. The van der Waals surface area contributed by atoms with E-state index in [0.29, 0.717) is 24.4 Å². The SMILES string of the molecule is COc1ccc(N(CCCC(=O)N(Cc2ccccc2C)[C@@H](C)C(=O)NC2CCCCC2)S(C)(=O)=O)cc1. The molecule has 0 spiro atoms. The Bertz CT molecular complexity index is 1180. The Morgan fingerprint density at radius 2 is 1.71 bits per heavy atom. The Balaban J connectivity index is 1.71. The molecular formula is C29H41N3O5S. The molecule has 1 N–H and O–H groups in total. The summed E-state index contributed by atoms with van der Waals surface area (Å²) in [6, 6.07) is 14.1. The summed E-state index contributed by atoms with van der Waals surface area (Å²) in [7, 11) is -2.00. The van der Waals surface area contributed by atoms with Crippen LogP contribution in [0.3, 0.4) is 0 Å². The molecule has 1 aliphatic carbocycles. The van der Waals surface area contributed by atoms with Gasteiger partial charge in [0.2, 0.25) is 21.8 Å². The first kappa shape index (κ1) is 29.5. The first-order valence-corrected chi connectivity index (χ1v) is 15.2. The van der Waals surface area contributed by atoms with Crippen LogP contribution in [0.4, 0.5) is 5.69 Å². The number of sulfonamides is 1. The number of nitrogens with zero attached hydrogens (tertiary/aromatic N) is 2. The van der Waals surface area contributed by atoms with Gasteiger partial charge in [0.05, 0.1) is 19.1 Å². The van der Waals surface area contributed by atoms with E-state index in [-0.39, 0.29) is 30.8 Å². The predicted molar refractivity (Wildman–Crippen MR) is 151 cm³/mol. The number of hydrogen-bond donors (Lipinski definition) is 1. The molecule has 1 fully saturated rings. The van der Waals surface area contributed by atoms with E-state index in [9.17, 15) is 18.0 Å². The summed E-state index contributed by atoms with van der Waals surface area (Å²) in [5, 5.41) is 3.15. The number of ether oxygens (including phenoxy) is 1. The number of amides is 2. The second-order valence-electron chi connectivity index (χ2n) is 10.1. The number of hydrogen-bond acceptors (Lipinski definition) is 5. The van der Waals surface area contributed by atoms with E-state index in [4.69, 9.17) is 4.74 Å². The van der Waals surface area contributed by atoms with E-state index in [0.717, 1.165) is 43.1 Å². The van der Waals surface area contributed by atoms with Crippen molar-refractivity contribution < 1.29 is 22.7 Å². The van der Waals surface area contributed by atoms with Gasteiger partial charge in [-0.15, -0.1) is 0 Å². The Kier molecular flexibility index (Phi) is 10.6. The van der Waals surface area contributed by atoms with Crippen molar-refractivity contribution in [1.29, 1.82) is 0 Å². The number of nitrogens with one attached hydrogen (secondary N) is 1. The second kappa shape index (κ2) is 13.6. The van der Waals surface area contributed by atoms with Gasteiger partial charge >= 0.3 is 0 Å². The topological polar surface area (TPSA) is 96.0 Å². The van der Waals surface area contributed by atoms with E-state index in [1.54, 1.807) is 43.2 Å². The van der Waals surface area contributed by atoms with E-state index < -0.39 is 16.1 Å². The maximum Gasteiger partial charge on any atom is 0.242 e. The van der Waals surface area contributed by atoms with Gasteiger partial charge in [0.25, 0.3) is 0 Å². The monoisotopic (exact) mass is 543 g/mol. The van der Waals surface area contributed by atoms with Crippen molar-refractivity contribution in [3.8, 4) is 5.75 Å². The van der Waals surface area contributed by atoms with Crippen LogP contribution in [0.25, 0.3) is 0 Å². The minimum atomic E-state index is -3.55. The van der Waals surface area contributed by atoms with Crippen LogP contribution in [0.15, 0.2) is 48.5 Å². The van der Waals surface area contributed by atoms with Crippen LogP contribution in [0.2, 0.25) is 0 Å². The number of methoxy groups -OCH3 is 1. The second-order valence-corrected chi connectivity index (χ2v) is 12.0. The molecule has 2 aromatic carbocycles. The molecule has 1 saturated carbocycles. The third-order valence-electron chi connectivity index (χ3n) is 7.23. The van der Waals surface area contributed by atoms with Crippen LogP contribution in [-0.4, -0.2) is 57.1 Å². The number of carbonyl (C=O) groups excluding carboxylic acids is 2. The lowest BCUT2D eigenvalue weighted by Gasteiger charge is -2.32. The average Bonchev–Trinajstić information content (AvgIpc) is 2.90. The lowest BCUT2D eigenvalue weighted by molar-refractivity contribution is -0.141. The van der Waals surface area contributed by atoms with E-state index in [1.165, 1.54) is 10.7 Å². The number of aryl methyl sites for hydroxylation is 1. The fourth-order valence-electron chi connectivity index (χ4n) is 4.87. The fourth-order valence-corrected chi connectivity index (χ4v) is 5.84. The number of benzene rings is 2. The minimum absolute atomic E-state index is 0.120. The van der Waals surface area contributed by atoms with E-state index in [2.05, 4.69) is 5.32 Å². The van der Waals surface area contributed by atoms with Gasteiger partial charge in [0.15, 0.2) is 0 Å². The van der Waals surface area contributed by atoms with Crippen molar-refractivity contribution in [1.82, 2.24) is 10.2 Å². The molecule has 38 heavy (non-hydrogen) atoms. The van der Waals surface area contributed by atoms with E-state index >= 15 is 0 Å². The molecule has 8 nitrogen and oxygen atoms in total. The zero-order valence-electron chi connectivity index (χ0n) is 23.0. The van der Waals surface area contributed by atoms with E-state index in [1.807, 2.05) is 31.2 Å². The average molecular weight is 544 g/mol. The van der Waals surface area contributed by atoms with Gasteiger partial charge in [-0.1, -0.05) is 43.5 Å². The number of rotatable bonds is 12. The number of anilines is 1. The Morgan fingerprint density at radius 1 is 1.05 bits per heavy atom. The Labute approximate surface area is 227 Å². The highest BCUT2D eigenvalue weighted by atomic mass is 32.2. The molecule has 0 aromatic heterocycles. The lowest BCUT2D eigenvalue weighted by atomic mass is 9.95. The predicted octanol–water partition coefficient (Wildman–Crippen LogP) is 4.42. The summed E-state index contributed by atoms with van der Waals surface area (Å²) in [6.45, 7) is 4.23. The summed E-state index contributed by atoms with van der Waals surface area (Å²) >= 11 is 0. The van der Waals surface area contributed by atoms with Crippen molar-refractivity contribution in [2.45, 2.75) is 77.4 Å². The highest BCUT2D eigenvalue weighted by Gasteiger charge is 2.28. The van der Waals surface area contributed by atoms with Gasteiger partial charge in [0, 0.05) is 25.6 Å². The maximum absolute atomic E-state index is 13.5.